The Kier molecular flexibility index (Phi) is 4.32. The molecule has 1 aliphatic carbocycles. The molecule has 0 amide bonds. The van der Waals surface area contributed by atoms with Crippen LogP contribution in [0, 0.1) is 5.41 Å². The van der Waals surface area contributed by atoms with Crippen LogP contribution in [0.4, 0.5) is 0 Å². The van der Waals surface area contributed by atoms with Gasteiger partial charge in [0.1, 0.15) is 0 Å². The third-order valence-corrected chi connectivity index (χ3v) is 4.80. The molecule has 1 unspecified atom stereocenters. The maximum Gasteiger partial charge on any atom is 0.0872 e. The fourth-order valence-electron chi connectivity index (χ4n) is 3.34. The Morgan fingerprint density at radius 2 is 1.63 bits per heavy atom. The number of methoxy groups -OCH3 is 1. The Bertz CT molecular complexity index is 389. The van der Waals surface area contributed by atoms with E-state index in [9.17, 15) is 0 Å². The SMILES string of the molecule is CNC(c1ccccc1)C1(OC)CCC(C)(C)CC1. The van der Waals surface area contributed by atoms with Gasteiger partial charge >= 0.3 is 0 Å². The van der Waals surface area contributed by atoms with Gasteiger partial charge in [0, 0.05) is 7.11 Å². The minimum atomic E-state index is -0.0639. The molecule has 1 aromatic carbocycles. The van der Waals surface area contributed by atoms with Crippen molar-refractivity contribution in [1.29, 1.82) is 0 Å². The van der Waals surface area contributed by atoms with Crippen molar-refractivity contribution in [3.05, 3.63) is 35.9 Å². The van der Waals surface area contributed by atoms with E-state index in [-0.39, 0.29) is 11.6 Å². The van der Waals surface area contributed by atoms with E-state index in [0.717, 1.165) is 12.8 Å². The summed E-state index contributed by atoms with van der Waals surface area (Å²) in [5.41, 5.74) is 1.72. The number of nitrogens with one attached hydrogen (secondary N) is 1. The number of hydrogen-bond donors (Lipinski definition) is 1. The predicted octanol–water partition coefficient (Wildman–Crippen LogP) is 3.93. The second-order valence-corrected chi connectivity index (χ2v) is 6.57. The average Bonchev–Trinajstić information content (AvgIpc) is 2.43. The van der Waals surface area contributed by atoms with Gasteiger partial charge in [-0.1, -0.05) is 44.2 Å². The molecular weight excluding hydrogens is 234 g/mol. The second kappa shape index (κ2) is 5.64. The zero-order valence-electron chi connectivity index (χ0n) is 12.7. The first kappa shape index (κ1) is 14.5. The summed E-state index contributed by atoms with van der Waals surface area (Å²) in [7, 11) is 3.91. The summed E-state index contributed by atoms with van der Waals surface area (Å²) in [6.07, 6.45) is 4.70. The van der Waals surface area contributed by atoms with Crippen LogP contribution >= 0.6 is 0 Å². The molecule has 19 heavy (non-hydrogen) atoms. The lowest BCUT2D eigenvalue weighted by Crippen LogP contribution is -2.48. The quantitative estimate of drug-likeness (QED) is 0.886. The number of rotatable bonds is 4. The topological polar surface area (TPSA) is 21.3 Å². The van der Waals surface area contributed by atoms with Gasteiger partial charge in [-0.15, -0.1) is 0 Å². The van der Waals surface area contributed by atoms with Crippen LogP contribution in [0.5, 0.6) is 0 Å². The first-order valence-corrected chi connectivity index (χ1v) is 7.30. The Labute approximate surface area is 117 Å². The molecule has 1 N–H and O–H groups in total. The molecule has 0 aromatic heterocycles. The van der Waals surface area contributed by atoms with Crippen LogP contribution in [0.2, 0.25) is 0 Å². The molecule has 106 valence electrons. The lowest BCUT2D eigenvalue weighted by Gasteiger charge is -2.47. The molecule has 2 heteroatoms. The highest BCUT2D eigenvalue weighted by Crippen LogP contribution is 2.47. The van der Waals surface area contributed by atoms with Gasteiger partial charge < -0.3 is 10.1 Å². The highest BCUT2D eigenvalue weighted by atomic mass is 16.5. The molecule has 1 fully saturated rings. The van der Waals surface area contributed by atoms with Crippen molar-refractivity contribution in [2.45, 2.75) is 51.2 Å². The smallest absolute Gasteiger partial charge is 0.0872 e. The number of hydrogen-bond acceptors (Lipinski definition) is 2. The van der Waals surface area contributed by atoms with E-state index in [0.29, 0.717) is 5.41 Å². The maximum atomic E-state index is 6.02. The van der Waals surface area contributed by atoms with Gasteiger partial charge in [0.2, 0.25) is 0 Å². The largest absolute Gasteiger partial charge is 0.376 e. The molecule has 1 aromatic rings. The molecule has 0 saturated heterocycles. The lowest BCUT2D eigenvalue weighted by atomic mass is 9.67. The van der Waals surface area contributed by atoms with Crippen LogP contribution in [0.25, 0.3) is 0 Å². The van der Waals surface area contributed by atoms with Crippen LogP contribution in [0.3, 0.4) is 0 Å². The third-order valence-electron chi connectivity index (χ3n) is 4.80. The van der Waals surface area contributed by atoms with Crippen LogP contribution in [0.15, 0.2) is 30.3 Å². The number of ether oxygens (including phenoxy) is 1. The van der Waals surface area contributed by atoms with Crippen LogP contribution in [-0.4, -0.2) is 19.8 Å². The predicted molar refractivity (Wildman–Crippen MR) is 80.2 cm³/mol. The first-order chi connectivity index (χ1) is 9.03. The molecule has 0 heterocycles. The standard InChI is InChI=1S/C17H27NO/c1-16(2)10-12-17(19-4,13-11-16)15(18-3)14-8-6-5-7-9-14/h5-9,15,18H,10-13H2,1-4H3. The van der Waals surface area contributed by atoms with Crippen LogP contribution in [0.1, 0.15) is 51.1 Å². The zero-order valence-corrected chi connectivity index (χ0v) is 12.7. The first-order valence-electron chi connectivity index (χ1n) is 7.30. The molecule has 2 nitrogen and oxygen atoms in total. The van der Waals surface area contributed by atoms with Gasteiger partial charge in [-0.3, -0.25) is 0 Å². The van der Waals surface area contributed by atoms with Crippen molar-refractivity contribution in [2.75, 3.05) is 14.2 Å². The Morgan fingerprint density at radius 3 is 2.11 bits per heavy atom. The summed E-state index contributed by atoms with van der Waals surface area (Å²) in [5.74, 6) is 0. The highest BCUT2D eigenvalue weighted by Gasteiger charge is 2.44. The second-order valence-electron chi connectivity index (χ2n) is 6.57. The van der Waals surface area contributed by atoms with E-state index < -0.39 is 0 Å². The van der Waals surface area contributed by atoms with Crippen LogP contribution in [-0.2, 0) is 4.74 Å². The molecule has 0 spiro atoms. The third kappa shape index (κ3) is 3.01. The summed E-state index contributed by atoms with van der Waals surface area (Å²) < 4.78 is 6.02. The molecule has 0 aliphatic heterocycles. The summed E-state index contributed by atoms with van der Waals surface area (Å²) in [5, 5.41) is 3.48. The molecule has 1 saturated carbocycles. The minimum absolute atomic E-state index is 0.0639. The number of benzene rings is 1. The van der Waals surface area contributed by atoms with Crippen molar-refractivity contribution in [3.63, 3.8) is 0 Å². The minimum Gasteiger partial charge on any atom is -0.376 e. The Balaban J connectivity index is 2.25. The fourth-order valence-corrected chi connectivity index (χ4v) is 3.34. The summed E-state index contributed by atoms with van der Waals surface area (Å²) >= 11 is 0. The van der Waals surface area contributed by atoms with Crippen molar-refractivity contribution < 1.29 is 4.74 Å². The van der Waals surface area contributed by atoms with Gasteiger partial charge in [-0.25, -0.2) is 0 Å². The van der Waals surface area contributed by atoms with Crippen molar-refractivity contribution in [1.82, 2.24) is 5.32 Å². The molecule has 0 radical (unpaired) electrons. The molecule has 2 rings (SSSR count). The molecular formula is C17H27NO. The molecule has 1 aliphatic rings. The van der Waals surface area contributed by atoms with E-state index in [1.807, 2.05) is 14.2 Å². The van der Waals surface area contributed by atoms with Crippen LogP contribution < -0.4 is 5.32 Å². The monoisotopic (exact) mass is 261 g/mol. The summed E-state index contributed by atoms with van der Waals surface area (Å²) in [6.45, 7) is 4.73. The van der Waals surface area contributed by atoms with E-state index in [1.54, 1.807) is 0 Å². The maximum absolute atomic E-state index is 6.02. The van der Waals surface area contributed by atoms with Crippen molar-refractivity contribution in [2.24, 2.45) is 5.41 Å². The van der Waals surface area contributed by atoms with E-state index in [2.05, 4.69) is 49.5 Å². The van der Waals surface area contributed by atoms with Gasteiger partial charge in [0.15, 0.2) is 0 Å². The van der Waals surface area contributed by atoms with Crippen molar-refractivity contribution in [3.8, 4) is 0 Å². The Hall–Kier alpha value is -0.860. The zero-order chi connectivity index (χ0) is 13.9. The Morgan fingerprint density at radius 1 is 1.05 bits per heavy atom. The number of likely N-dealkylation sites (N-methyl/N-ethyl adjacent to an activating group) is 1. The van der Waals surface area contributed by atoms with E-state index in [4.69, 9.17) is 4.74 Å². The van der Waals surface area contributed by atoms with Crippen molar-refractivity contribution >= 4 is 0 Å². The molecule has 0 bridgehead atoms. The summed E-state index contributed by atoms with van der Waals surface area (Å²) in [6, 6.07) is 10.9. The average molecular weight is 261 g/mol. The molecule has 1 atom stereocenters. The van der Waals surface area contributed by atoms with Gasteiger partial charge in [0.25, 0.3) is 0 Å². The van der Waals surface area contributed by atoms with Gasteiger partial charge in [-0.05, 0) is 43.7 Å². The van der Waals surface area contributed by atoms with E-state index >= 15 is 0 Å². The fraction of sp³-hybridized carbons (Fsp3) is 0.647. The van der Waals surface area contributed by atoms with E-state index in [1.165, 1.54) is 18.4 Å². The van der Waals surface area contributed by atoms with Gasteiger partial charge in [0.05, 0.1) is 11.6 Å². The van der Waals surface area contributed by atoms with Gasteiger partial charge in [-0.2, -0.15) is 0 Å². The highest BCUT2D eigenvalue weighted by molar-refractivity contribution is 5.23. The normalized spacial score (nSPS) is 22.9. The summed E-state index contributed by atoms with van der Waals surface area (Å²) in [4.78, 5) is 0. The lowest BCUT2D eigenvalue weighted by molar-refractivity contribution is -0.0862.